The third-order valence-electron chi connectivity index (χ3n) is 3.89. The maximum atomic E-state index is 6.08. The highest BCUT2D eigenvalue weighted by Crippen LogP contribution is 2.37. The summed E-state index contributed by atoms with van der Waals surface area (Å²) in [4.78, 5) is 8.88. The molecule has 2 heterocycles. The van der Waals surface area contributed by atoms with E-state index in [-0.39, 0.29) is 0 Å². The van der Waals surface area contributed by atoms with Gasteiger partial charge in [-0.05, 0) is 25.3 Å². The van der Waals surface area contributed by atoms with E-state index in [4.69, 9.17) is 5.73 Å². The van der Waals surface area contributed by atoms with E-state index >= 15 is 0 Å². The normalized spacial score (nSPS) is 16.2. The zero-order valence-electron chi connectivity index (χ0n) is 10.0. The highest BCUT2D eigenvalue weighted by molar-refractivity contribution is 6.03. The van der Waals surface area contributed by atoms with Gasteiger partial charge < -0.3 is 10.3 Å². The summed E-state index contributed by atoms with van der Waals surface area (Å²) in [5.41, 5.74) is 9.13. The van der Waals surface area contributed by atoms with Crippen molar-refractivity contribution >= 4 is 27.9 Å². The number of aromatic nitrogens is 3. The number of imidazole rings is 1. The van der Waals surface area contributed by atoms with Gasteiger partial charge in [-0.15, -0.1) is 0 Å². The molecule has 0 amide bonds. The quantitative estimate of drug-likeness (QED) is 0.709. The molecular formula is C14H14N4. The van der Waals surface area contributed by atoms with Gasteiger partial charge >= 0.3 is 0 Å². The van der Waals surface area contributed by atoms with Crippen molar-refractivity contribution in [1.82, 2.24) is 14.5 Å². The third kappa shape index (κ3) is 1.20. The molecule has 0 spiro atoms. The molecule has 4 nitrogen and oxygen atoms in total. The summed E-state index contributed by atoms with van der Waals surface area (Å²) in [7, 11) is 0. The van der Waals surface area contributed by atoms with Crippen molar-refractivity contribution in [2.24, 2.45) is 0 Å². The van der Waals surface area contributed by atoms with E-state index in [1.54, 1.807) is 0 Å². The van der Waals surface area contributed by atoms with Crippen LogP contribution in [0.1, 0.15) is 25.3 Å². The molecule has 90 valence electrons. The second kappa shape index (κ2) is 3.45. The largest absolute Gasteiger partial charge is 0.369 e. The number of anilines is 1. The summed E-state index contributed by atoms with van der Waals surface area (Å²) in [5.74, 6) is 0.618. The Labute approximate surface area is 104 Å². The van der Waals surface area contributed by atoms with Gasteiger partial charge in [-0.2, -0.15) is 0 Å². The zero-order valence-corrected chi connectivity index (χ0v) is 10.0. The van der Waals surface area contributed by atoms with Crippen LogP contribution in [0.5, 0.6) is 0 Å². The van der Waals surface area contributed by atoms with Gasteiger partial charge in [0, 0.05) is 11.4 Å². The molecule has 4 rings (SSSR count). The van der Waals surface area contributed by atoms with E-state index in [0.717, 1.165) is 21.9 Å². The van der Waals surface area contributed by atoms with Crippen LogP contribution in [0.3, 0.4) is 0 Å². The number of rotatable bonds is 1. The molecule has 4 heteroatoms. The number of hydrogen-bond acceptors (Lipinski definition) is 3. The molecule has 0 atom stereocenters. The van der Waals surface area contributed by atoms with Crippen LogP contribution in [0.2, 0.25) is 0 Å². The highest BCUT2D eigenvalue weighted by Gasteiger charge is 2.24. The van der Waals surface area contributed by atoms with Crippen LogP contribution in [-0.2, 0) is 0 Å². The summed E-state index contributed by atoms with van der Waals surface area (Å²) < 4.78 is 2.20. The average molecular weight is 238 g/mol. The minimum absolute atomic E-state index is 0.515. The van der Waals surface area contributed by atoms with Crippen LogP contribution < -0.4 is 5.73 Å². The SMILES string of the molecule is Nc1nc2cnc3ccccc3c2n1C1CCC1. The molecule has 1 saturated carbocycles. The Hall–Kier alpha value is -2.10. The molecule has 1 aromatic carbocycles. The second-order valence-corrected chi connectivity index (χ2v) is 4.93. The Morgan fingerprint density at radius 1 is 1.17 bits per heavy atom. The number of para-hydroxylation sites is 1. The van der Waals surface area contributed by atoms with Gasteiger partial charge in [0.2, 0.25) is 5.95 Å². The van der Waals surface area contributed by atoms with Crippen LogP contribution in [-0.4, -0.2) is 14.5 Å². The fourth-order valence-electron chi connectivity index (χ4n) is 2.76. The van der Waals surface area contributed by atoms with Crippen molar-refractivity contribution in [2.75, 3.05) is 5.73 Å². The lowest BCUT2D eigenvalue weighted by Crippen LogP contribution is -2.18. The molecule has 18 heavy (non-hydrogen) atoms. The predicted molar refractivity (Wildman–Crippen MR) is 72.3 cm³/mol. The van der Waals surface area contributed by atoms with Crippen LogP contribution in [0, 0.1) is 0 Å². The molecular weight excluding hydrogens is 224 g/mol. The first-order chi connectivity index (χ1) is 8.84. The van der Waals surface area contributed by atoms with Crippen molar-refractivity contribution < 1.29 is 0 Å². The van der Waals surface area contributed by atoms with E-state index in [2.05, 4.69) is 20.6 Å². The summed E-state index contributed by atoms with van der Waals surface area (Å²) >= 11 is 0. The number of nitrogen functional groups attached to an aromatic ring is 1. The topological polar surface area (TPSA) is 56.7 Å². The first-order valence-electron chi connectivity index (χ1n) is 6.36. The van der Waals surface area contributed by atoms with Crippen LogP contribution in [0.15, 0.2) is 30.5 Å². The van der Waals surface area contributed by atoms with Gasteiger partial charge in [0.1, 0.15) is 5.52 Å². The average Bonchev–Trinajstić information content (AvgIpc) is 2.65. The van der Waals surface area contributed by atoms with Gasteiger partial charge in [0.25, 0.3) is 0 Å². The third-order valence-corrected chi connectivity index (χ3v) is 3.89. The zero-order chi connectivity index (χ0) is 12.1. The standard InChI is InChI=1S/C14H14N4/c15-14-17-12-8-16-11-7-2-1-6-10(11)13(12)18(14)9-4-3-5-9/h1-2,6-9H,3-5H2,(H2,15,17). The molecule has 3 aromatic rings. The van der Waals surface area contributed by atoms with Gasteiger partial charge in [-0.1, -0.05) is 18.2 Å². The molecule has 2 N–H and O–H groups in total. The smallest absolute Gasteiger partial charge is 0.201 e. The Bertz CT molecular complexity index is 740. The number of nitrogens with zero attached hydrogens (tertiary/aromatic N) is 3. The number of nitrogens with two attached hydrogens (primary N) is 1. The minimum atomic E-state index is 0.515. The van der Waals surface area contributed by atoms with Crippen molar-refractivity contribution in [3.8, 4) is 0 Å². The molecule has 0 saturated heterocycles. The Kier molecular flexibility index (Phi) is 1.89. The molecule has 1 aliphatic rings. The van der Waals surface area contributed by atoms with E-state index in [1.165, 1.54) is 19.3 Å². The van der Waals surface area contributed by atoms with E-state index in [0.29, 0.717) is 12.0 Å². The highest BCUT2D eigenvalue weighted by atomic mass is 15.2. The fraction of sp³-hybridized carbons (Fsp3) is 0.286. The number of benzene rings is 1. The fourth-order valence-corrected chi connectivity index (χ4v) is 2.76. The predicted octanol–water partition coefficient (Wildman–Crippen LogP) is 2.89. The Morgan fingerprint density at radius 2 is 2.00 bits per heavy atom. The monoisotopic (exact) mass is 238 g/mol. The lowest BCUT2D eigenvalue weighted by molar-refractivity contribution is 0.324. The summed E-state index contributed by atoms with van der Waals surface area (Å²) in [6.07, 6.45) is 5.51. The van der Waals surface area contributed by atoms with E-state index in [1.807, 2.05) is 24.4 Å². The van der Waals surface area contributed by atoms with Crippen LogP contribution in [0.4, 0.5) is 5.95 Å². The van der Waals surface area contributed by atoms with E-state index < -0.39 is 0 Å². The minimum Gasteiger partial charge on any atom is -0.369 e. The van der Waals surface area contributed by atoms with Crippen LogP contribution >= 0.6 is 0 Å². The van der Waals surface area contributed by atoms with Crippen LogP contribution in [0.25, 0.3) is 21.9 Å². The van der Waals surface area contributed by atoms with Gasteiger partial charge in [0.05, 0.1) is 17.2 Å². The molecule has 0 aliphatic heterocycles. The van der Waals surface area contributed by atoms with Crippen molar-refractivity contribution in [3.63, 3.8) is 0 Å². The number of fused-ring (bicyclic) bond motifs is 3. The number of pyridine rings is 1. The molecule has 2 aromatic heterocycles. The molecule has 0 unspecified atom stereocenters. The van der Waals surface area contributed by atoms with E-state index in [9.17, 15) is 0 Å². The summed E-state index contributed by atoms with van der Waals surface area (Å²) in [6, 6.07) is 8.69. The lowest BCUT2D eigenvalue weighted by Gasteiger charge is -2.28. The van der Waals surface area contributed by atoms with Gasteiger partial charge in [-0.3, -0.25) is 4.98 Å². The lowest BCUT2D eigenvalue weighted by atomic mass is 9.92. The first kappa shape index (κ1) is 9.88. The van der Waals surface area contributed by atoms with Crippen molar-refractivity contribution in [3.05, 3.63) is 30.5 Å². The molecule has 0 bridgehead atoms. The Balaban J connectivity index is 2.14. The van der Waals surface area contributed by atoms with Gasteiger partial charge in [0.15, 0.2) is 0 Å². The first-order valence-corrected chi connectivity index (χ1v) is 6.36. The van der Waals surface area contributed by atoms with Crippen molar-refractivity contribution in [2.45, 2.75) is 25.3 Å². The molecule has 0 radical (unpaired) electrons. The summed E-state index contributed by atoms with van der Waals surface area (Å²) in [5, 5.41) is 1.14. The molecule has 1 fully saturated rings. The van der Waals surface area contributed by atoms with Crippen molar-refractivity contribution in [1.29, 1.82) is 0 Å². The maximum absolute atomic E-state index is 6.08. The second-order valence-electron chi connectivity index (χ2n) is 4.93. The number of hydrogen-bond donors (Lipinski definition) is 1. The Morgan fingerprint density at radius 3 is 2.78 bits per heavy atom. The maximum Gasteiger partial charge on any atom is 0.201 e. The summed E-state index contributed by atoms with van der Waals surface area (Å²) in [6.45, 7) is 0. The van der Waals surface area contributed by atoms with Gasteiger partial charge in [-0.25, -0.2) is 4.98 Å². The molecule has 1 aliphatic carbocycles.